The predicted octanol–water partition coefficient (Wildman–Crippen LogP) is 18.6. The molecule has 15 rings (SSSR count). The molecule has 0 fully saturated rings. The van der Waals surface area contributed by atoms with E-state index in [1.807, 2.05) is 41.5 Å². The number of allylic oxidation sites excluding steroid dienone is 5. The zero-order valence-corrected chi connectivity index (χ0v) is 84.2. The number of hydrazone groups is 5. The van der Waals surface area contributed by atoms with Crippen molar-refractivity contribution in [1.82, 2.24) is 36.5 Å². The largest absolute Gasteiger partial charge is 0.436 e. The maximum Gasteiger partial charge on any atom is 0.277 e. The number of dihydropyridines is 4. The Kier molecular flexibility index (Phi) is 38.0. The van der Waals surface area contributed by atoms with Crippen molar-refractivity contribution in [2.45, 2.75) is 120 Å². The van der Waals surface area contributed by atoms with Crippen LogP contribution < -0.4 is 50.9 Å². The van der Waals surface area contributed by atoms with Crippen molar-refractivity contribution in [3.8, 4) is 34.6 Å². The maximum atomic E-state index is 12.3. The molecule has 141 heavy (non-hydrogen) atoms. The smallest absolute Gasteiger partial charge is 0.277 e. The van der Waals surface area contributed by atoms with Crippen LogP contribution in [0.1, 0.15) is 152 Å². The number of hydrogen-bond acceptors (Lipinski definition) is 32. The highest BCUT2D eigenvalue weighted by molar-refractivity contribution is 6.52. The van der Waals surface area contributed by atoms with Crippen LogP contribution in [0.15, 0.2) is 225 Å². The lowest BCUT2D eigenvalue weighted by atomic mass is 9.93. The number of rotatable bonds is 19. The van der Waals surface area contributed by atoms with Gasteiger partial charge in [0.1, 0.15) is 54.7 Å². The molecule has 9 aliphatic heterocycles. The molecule has 0 saturated carbocycles. The Morgan fingerprint density at radius 3 is 0.865 bits per heavy atom. The normalized spacial score (nSPS) is 17.2. The highest BCUT2D eigenvalue weighted by Crippen LogP contribution is 2.43. The Balaban J connectivity index is 0.000000181. The van der Waals surface area contributed by atoms with Crippen molar-refractivity contribution in [3.63, 3.8) is 0 Å². The zero-order valence-electron chi connectivity index (χ0n) is 76.6. The van der Waals surface area contributed by atoms with E-state index in [-0.39, 0.29) is 284 Å². The summed E-state index contributed by atoms with van der Waals surface area (Å²) in [6.45, 7) is 33.1. The van der Waals surface area contributed by atoms with Crippen molar-refractivity contribution >= 4 is 226 Å². The Bertz CT molecular complexity index is 6580. The lowest BCUT2D eigenvalue weighted by Crippen LogP contribution is -2.28. The van der Waals surface area contributed by atoms with E-state index in [0.29, 0.717) is 73.0 Å². The average molecular weight is 2120 g/mol. The summed E-state index contributed by atoms with van der Waals surface area (Å²) in [4.78, 5) is 149. The number of carbonyl (C=O) groups excluding carboxylic acids is 10. The van der Waals surface area contributed by atoms with E-state index in [9.17, 15) is 57.8 Å². The van der Waals surface area contributed by atoms with Gasteiger partial charge in [0, 0.05) is 123 Å². The second kappa shape index (κ2) is 48.6. The lowest BCUT2D eigenvalue weighted by molar-refractivity contribution is -0.116. The molecule has 43 heteroatoms. The number of aliphatic hydroxyl groups is 1. The van der Waals surface area contributed by atoms with Crippen LogP contribution in [0.4, 0.5) is 0 Å². The maximum absolute atomic E-state index is 12.3. The van der Waals surface area contributed by atoms with E-state index >= 15 is 0 Å². The molecule has 5 N–H and O–H groups in total. The molecule has 736 valence electrons. The topological polar surface area (TPSA) is 435 Å². The van der Waals surface area contributed by atoms with Gasteiger partial charge in [0.25, 0.3) is 5.56 Å². The van der Waals surface area contributed by atoms with Gasteiger partial charge in [0.2, 0.25) is 29.5 Å². The highest BCUT2D eigenvalue weighted by atomic mass is 35.5. The van der Waals surface area contributed by atoms with E-state index < -0.39 is 17.4 Å². The average Bonchev–Trinajstić information content (AvgIpc) is 0.795. The molecule has 0 spiro atoms. The number of nitrogens with one attached hydrogen (secondary N) is 4. The number of aliphatic imine (C=N–C) groups is 4. The van der Waals surface area contributed by atoms with Crippen LogP contribution in [-0.2, 0) is 50.2 Å². The minimum Gasteiger partial charge on any atom is -0.436 e. The molecule has 33 nitrogen and oxygen atoms in total. The molecule has 0 saturated heterocycles. The molecule has 1 aromatic heterocycles. The minimum absolute atomic E-state index is 0. The summed E-state index contributed by atoms with van der Waals surface area (Å²) in [5, 5.41) is 37.2. The molecule has 6 aromatic rings. The number of ether oxygens (including phenoxy) is 5. The number of carbonyl (C=O) groups is 10. The highest BCUT2D eigenvalue weighted by Gasteiger charge is 2.34. The number of nitrogens with zero attached hydrogens (tertiary/aromatic N) is 12. The standard InChI is InChI=1S/C21H21Cl2N3O3.2C20H19Cl2N3O3.C18H14Cl2N4O4.C18H15Cl2N3O4.CH4/c1-5-11(2)14-9-19(24-10-18(14)28)29-21-15(22)7-13(8-16(21)23)20-17(27)6-12(3)26(4)25-20;2*1-4-10(2)13-8-18(23-9-17(13)27)28-20-14(21)6-12(7-15(20)22)19-16(26)5-11(3)24-25-19;1-8-4-14(26)16(22-21-8)10-5-12(19)17(13(20)6-10)28-15-7-11(9(2)25)18(27)24(3)23-15;1-8-3-14(25)17(23-22-8)10-4-12(19)18(13(20)5-10)27-16-6-11(9(2)24)15(26)7-21-16;/h7-9,11H,3,5-6,10H2,1-2,4H3;2*6-8,10,24H,3-5,9H2,1-2H3;5-7,21H,1,4H2,2-3H3;4-6,9,22,24H,1,3,7H2,2H3;1H4/t;2*10-;;;/m.11.../s1. The van der Waals surface area contributed by atoms with Gasteiger partial charge >= 0.3 is 0 Å². The Morgan fingerprint density at radius 2 is 0.617 bits per heavy atom. The van der Waals surface area contributed by atoms with Crippen LogP contribution in [0.2, 0.25) is 50.2 Å². The summed E-state index contributed by atoms with van der Waals surface area (Å²) in [5.74, 6) is 0.307. The molecule has 0 amide bonds. The van der Waals surface area contributed by atoms with Crippen LogP contribution in [0.5, 0.6) is 34.6 Å². The van der Waals surface area contributed by atoms with Gasteiger partial charge in [-0.1, -0.05) is 198 Å². The first-order valence-corrected chi connectivity index (χ1v) is 46.5. The second-order valence-electron chi connectivity index (χ2n) is 32.3. The van der Waals surface area contributed by atoms with E-state index in [2.05, 4.69) is 105 Å². The number of ketones is 10. The number of Topliss-reactive ketones (excluding diaryl/α,β-unsaturated/α-hetero) is 10. The van der Waals surface area contributed by atoms with Crippen molar-refractivity contribution in [2.75, 3.05) is 33.2 Å². The number of aromatic nitrogens is 2. The van der Waals surface area contributed by atoms with E-state index in [1.165, 1.54) is 57.3 Å². The number of aryl methyl sites for hydroxylation is 1. The molecule has 0 bridgehead atoms. The molecule has 0 aliphatic carbocycles. The molecule has 2 unspecified atom stereocenters. The Labute approximate surface area is 860 Å². The fourth-order valence-electron chi connectivity index (χ4n) is 13.7. The van der Waals surface area contributed by atoms with Crippen LogP contribution in [0.3, 0.4) is 0 Å². The summed E-state index contributed by atoms with van der Waals surface area (Å²) in [7, 11) is 3.11. The monoisotopic (exact) mass is 2110 g/mol. The SMILES string of the molecule is C.C=C1CC(=O)C(c2cc(Cl)c(OC3=NCC(=O)C(C(C)CC)=C3)c(Cl)c2)=NN1C.C=C1CC(=O)C(c2cc(Cl)c(OC3=NCC(=O)C(C(C)O)=C3)c(Cl)c2)=NN1.C=C1CC(=O)C(c2cc(Cl)c(OC3=NCC(=O)C([C@H](C)CC)=C3)c(Cl)c2)=NN1.C=C1CC(=O)C(c2cc(Cl)c(OC3=NCC(=O)C([C@H](C)CC)=C3)c(Cl)c2)=NN1.C=C1CC(=O)C(c2cc(Cl)c(Oc3cc(C(C)=O)c(=O)n(C)n3)c(Cl)c2)=NN1. The van der Waals surface area contributed by atoms with Gasteiger partial charge in [-0.15, -0.1) is 5.10 Å². The molecular weight excluding hydrogens is 2030 g/mol. The molecule has 10 heterocycles. The number of benzene rings is 5. The van der Waals surface area contributed by atoms with Gasteiger partial charge < -0.3 is 28.8 Å². The number of hydrogen-bond donors (Lipinski definition) is 5. The third-order valence-corrected chi connectivity index (χ3v) is 24.6. The first-order chi connectivity index (χ1) is 66.2. The van der Waals surface area contributed by atoms with Gasteiger partial charge in [-0.3, -0.25) is 79.5 Å². The summed E-state index contributed by atoms with van der Waals surface area (Å²) >= 11 is 63.3. The summed E-state index contributed by atoms with van der Waals surface area (Å²) in [6, 6.07) is 16.6. The van der Waals surface area contributed by atoms with Gasteiger partial charge in [0.15, 0.2) is 86.6 Å². The van der Waals surface area contributed by atoms with Crippen LogP contribution in [0, 0.1) is 17.8 Å². The molecule has 9 aliphatic rings. The van der Waals surface area contributed by atoms with Gasteiger partial charge in [-0.25, -0.2) is 24.7 Å². The first kappa shape index (κ1) is 110. The van der Waals surface area contributed by atoms with Gasteiger partial charge in [-0.2, -0.15) is 25.5 Å². The lowest BCUT2D eigenvalue weighted by Gasteiger charge is -2.23. The molecule has 0 radical (unpaired) electrons. The van der Waals surface area contributed by atoms with Crippen molar-refractivity contribution in [3.05, 3.63) is 269 Å². The summed E-state index contributed by atoms with van der Waals surface area (Å²) in [6.07, 6.45) is 8.52. The van der Waals surface area contributed by atoms with Crippen LogP contribution >= 0.6 is 116 Å². The van der Waals surface area contributed by atoms with E-state index in [0.717, 1.165) is 23.9 Å². The predicted molar refractivity (Wildman–Crippen MR) is 550 cm³/mol. The molecule has 4 atom stereocenters. The summed E-state index contributed by atoms with van der Waals surface area (Å²) < 4.78 is 29.6. The molecule has 5 aromatic carbocycles. The summed E-state index contributed by atoms with van der Waals surface area (Å²) in [5.41, 5.74) is 18.3. The van der Waals surface area contributed by atoms with Gasteiger partial charge in [0.05, 0.1) is 94.0 Å². The van der Waals surface area contributed by atoms with Crippen LogP contribution in [0.25, 0.3) is 0 Å². The third-order valence-electron chi connectivity index (χ3n) is 21.8. The van der Waals surface area contributed by atoms with Crippen molar-refractivity contribution in [1.29, 1.82) is 0 Å². The first-order valence-electron chi connectivity index (χ1n) is 42.8. The van der Waals surface area contributed by atoms with Crippen molar-refractivity contribution in [2.24, 2.45) is 70.3 Å². The Morgan fingerprint density at radius 1 is 0.376 bits per heavy atom. The van der Waals surface area contributed by atoms with E-state index in [1.54, 1.807) is 66.7 Å². The molecular formula is C98H92Cl10N16O17. The fourth-order valence-corrected chi connectivity index (χ4v) is 16.5. The number of halogens is 10. The second-order valence-corrected chi connectivity index (χ2v) is 36.4. The zero-order chi connectivity index (χ0) is 102. The Hall–Kier alpha value is -12.8. The minimum atomic E-state index is -0.947. The van der Waals surface area contributed by atoms with Gasteiger partial charge in [-0.05, 0) is 112 Å². The van der Waals surface area contributed by atoms with Crippen LogP contribution in [-0.4, -0.2) is 169 Å². The fraction of sp³-hybridized carbons (Fsp3) is 0.276. The van der Waals surface area contributed by atoms with Crippen molar-refractivity contribution < 1.29 is 76.7 Å². The third kappa shape index (κ3) is 27.5. The number of aliphatic hydroxyl groups excluding tert-OH is 1. The quantitative estimate of drug-likeness (QED) is 0.0470. The van der Waals surface area contributed by atoms with E-state index in [4.69, 9.17) is 140 Å².